The lowest BCUT2D eigenvalue weighted by Gasteiger charge is -2.63. The third-order valence-corrected chi connectivity index (χ3v) is 12.5. The molecule has 4 aliphatic carbocycles. The first-order chi connectivity index (χ1) is 15.3. The van der Waals surface area contributed by atoms with E-state index in [1.807, 2.05) is 6.92 Å². The van der Waals surface area contributed by atoms with Gasteiger partial charge < -0.3 is 24.8 Å². The summed E-state index contributed by atoms with van der Waals surface area (Å²) in [6.45, 7) is 13.1. The summed E-state index contributed by atoms with van der Waals surface area (Å²) < 4.78 is 13.3. The van der Waals surface area contributed by atoms with Crippen molar-refractivity contribution >= 4 is 0 Å². The number of aliphatic hydroxyl groups is 3. The van der Waals surface area contributed by atoms with Crippen LogP contribution in [0.2, 0.25) is 0 Å². The molecule has 3 N–H and O–H groups in total. The molecule has 0 aromatic carbocycles. The van der Waals surface area contributed by atoms with Crippen molar-refractivity contribution in [2.75, 3.05) is 0 Å². The van der Waals surface area contributed by atoms with E-state index in [2.05, 4.69) is 34.6 Å². The Morgan fingerprint density at radius 2 is 1.61 bits per heavy atom. The predicted octanol–water partition coefficient (Wildman–Crippen LogP) is 4.27. The maximum absolute atomic E-state index is 12.2. The van der Waals surface area contributed by atoms with Crippen LogP contribution in [0.5, 0.6) is 0 Å². The van der Waals surface area contributed by atoms with Gasteiger partial charge in [-0.1, -0.05) is 20.8 Å². The topological polar surface area (TPSA) is 79.2 Å². The van der Waals surface area contributed by atoms with E-state index in [1.54, 1.807) is 0 Å². The molecule has 6 aliphatic rings. The molecular weight excluding hydrogens is 416 g/mol. The van der Waals surface area contributed by atoms with Gasteiger partial charge in [0.05, 0.1) is 23.9 Å². The van der Waals surface area contributed by atoms with E-state index >= 15 is 0 Å². The van der Waals surface area contributed by atoms with Crippen LogP contribution >= 0.6 is 0 Å². The van der Waals surface area contributed by atoms with Crippen molar-refractivity contribution in [1.29, 1.82) is 0 Å². The fourth-order valence-corrected chi connectivity index (χ4v) is 10.7. The number of aliphatic hydroxyl groups excluding tert-OH is 2. The minimum atomic E-state index is -1.08. The number of rotatable bonds is 0. The van der Waals surface area contributed by atoms with Crippen LogP contribution in [0, 0.1) is 46.3 Å². The van der Waals surface area contributed by atoms with Crippen molar-refractivity contribution in [2.24, 2.45) is 46.3 Å². The second-order valence-electron chi connectivity index (χ2n) is 14.4. The lowest BCUT2D eigenvalue weighted by Crippen LogP contribution is -2.62. The molecule has 0 aromatic heterocycles. The number of hydrogen-bond acceptors (Lipinski definition) is 5. The van der Waals surface area contributed by atoms with Crippen molar-refractivity contribution in [1.82, 2.24) is 0 Å². The van der Waals surface area contributed by atoms with E-state index in [9.17, 15) is 15.3 Å². The van der Waals surface area contributed by atoms with Crippen LogP contribution in [0.15, 0.2) is 0 Å². The molecule has 6 rings (SSSR count). The monoisotopic (exact) mass is 462 g/mol. The van der Waals surface area contributed by atoms with E-state index in [4.69, 9.17) is 9.47 Å². The first kappa shape index (κ1) is 23.2. The Morgan fingerprint density at radius 3 is 2.27 bits per heavy atom. The zero-order valence-electron chi connectivity index (χ0n) is 21.5. The zero-order chi connectivity index (χ0) is 23.8. The fourth-order valence-electron chi connectivity index (χ4n) is 10.7. The first-order valence-corrected chi connectivity index (χ1v) is 13.7. The molecular formula is C28H46O5. The van der Waals surface area contributed by atoms with Crippen molar-refractivity contribution in [2.45, 2.75) is 128 Å². The van der Waals surface area contributed by atoms with Crippen molar-refractivity contribution < 1.29 is 24.8 Å². The van der Waals surface area contributed by atoms with Crippen LogP contribution in [-0.2, 0) is 9.47 Å². The second kappa shape index (κ2) is 6.76. The molecule has 2 aliphatic heterocycles. The van der Waals surface area contributed by atoms with Crippen LogP contribution in [0.3, 0.4) is 0 Å². The Morgan fingerprint density at radius 1 is 0.879 bits per heavy atom. The number of hydrogen-bond donors (Lipinski definition) is 3. The summed E-state index contributed by atoms with van der Waals surface area (Å²) in [5, 5.41) is 34.2. The van der Waals surface area contributed by atoms with E-state index in [0.717, 1.165) is 51.4 Å². The van der Waals surface area contributed by atoms with Crippen molar-refractivity contribution in [3.63, 3.8) is 0 Å². The quantitative estimate of drug-likeness (QED) is 0.501. The third kappa shape index (κ3) is 2.78. The van der Waals surface area contributed by atoms with Gasteiger partial charge in [-0.05, 0) is 106 Å². The Hall–Kier alpha value is -0.200. The van der Waals surface area contributed by atoms with E-state index < -0.39 is 11.4 Å². The Bertz CT molecular complexity index is 825. The van der Waals surface area contributed by atoms with Gasteiger partial charge in [-0.3, -0.25) is 0 Å². The third-order valence-electron chi connectivity index (χ3n) is 12.5. The van der Waals surface area contributed by atoms with Crippen molar-refractivity contribution in [3.05, 3.63) is 0 Å². The van der Waals surface area contributed by atoms with Gasteiger partial charge in [-0.25, -0.2) is 0 Å². The van der Waals surface area contributed by atoms with Gasteiger partial charge in [0.25, 0.3) is 0 Å². The van der Waals surface area contributed by atoms with Crippen LogP contribution in [0.25, 0.3) is 0 Å². The molecule has 0 bridgehead atoms. The highest BCUT2D eigenvalue weighted by Gasteiger charge is 2.77. The first-order valence-electron chi connectivity index (χ1n) is 13.7. The van der Waals surface area contributed by atoms with Gasteiger partial charge in [-0.2, -0.15) is 0 Å². The molecule has 0 aromatic rings. The average Bonchev–Trinajstić information content (AvgIpc) is 3.20. The molecule has 2 saturated heterocycles. The molecule has 6 fully saturated rings. The molecule has 5 heteroatoms. The summed E-state index contributed by atoms with van der Waals surface area (Å²) in [7, 11) is 0. The Balaban J connectivity index is 1.34. The molecule has 4 unspecified atom stereocenters. The maximum Gasteiger partial charge on any atom is 0.198 e. The normalized spacial score (nSPS) is 63.7. The fraction of sp³-hybridized carbons (Fsp3) is 1.00. The van der Waals surface area contributed by atoms with Crippen LogP contribution in [0.4, 0.5) is 0 Å². The molecule has 0 radical (unpaired) electrons. The van der Waals surface area contributed by atoms with Crippen LogP contribution < -0.4 is 0 Å². The number of ether oxygens (including phenoxy) is 2. The summed E-state index contributed by atoms with van der Waals surface area (Å²) in [5.74, 6) is 1.08. The molecule has 188 valence electrons. The molecule has 13 atom stereocenters. The standard InChI is InChI=1S/C28H46O5/c1-15-13-28(33-24(15,2)3)27(6,31)23-21(32-28)12-19-18-8-7-16-11-17(29)9-10-25(16,4)22(18)20(30)14-26(19,23)5/h15-23,29-31H,7-14H2,1-6H3/t15-,16?,17+,18?,19?,20-,21-,22?,23-,25-,26-,27+,28+/m0/s1. The molecule has 0 amide bonds. The minimum absolute atomic E-state index is 0.0132. The maximum atomic E-state index is 12.2. The highest BCUT2D eigenvalue weighted by Crippen LogP contribution is 2.72. The summed E-state index contributed by atoms with van der Waals surface area (Å²) in [5.41, 5.74) is -1.45. The van der Waals surface area contributed by atoms with E-state index in [0.29, 0.717) is 29.6 Å². The van der Waals surface area contributed by atoms with Crippen LogP contribution in [0.1, 0.15) is 92.9 Å². The Kier molecular flexibility index (Phi) is 4.76. The van der Waals surface area contributed by atoms with Crippen molar-refractivity contribution in [3.8, 4) is 0 Å². The smallest absolute Gasteiger partial charge is 0.198 e. The SMILES string of the molecule is C[C@H]1C[C@@]2(O[C@H]3CC4C5CCC6C[C@H](O)CC[C@]6(C)C5[C@@H](O)C[C@]4(C)[C@H]3[C@@]2(C)O)OC1(C)C. The van der Waals surface area contributed by atoms with Gasteiger partial charge in [0.2, 0.25) is 0 Å². The highest BCUT2D eigenvalue weighted by molar-refractivity contribution is 5.22. The number of fused-ring (bicyclic) bond motifs is 7. The molecule has 2 heterocycles. The lowest BCUT2D eigenvalue weighted by atomic mass is 9.43. The summed E-state index contributed by atoms with van der Waals surface area (Å²) in [6.07, 6.45) is 6.94. The largest absolute Gasteiger partial charge is 0.393 e. The Labute approximate surface area is 199 Å². The zero-order valence-corrected chi connectivity index (χ0v) is 21.5. The highest BCUT2D eigenvalue weighted by atomic mass is 16.7. The molecule has 1 spiro atoms. The summed E-state index contributed by atoms with van der Waals surface area (Å²) in [6, 6.07) is 0. The molecule has 4 saturated carbocycles. The van der Waals surface area contributed by atoms with Gasteiger partial charge in [-0.15, -0.1) is 0 Å². The van der Waals surface area contributed by atoms with E-state index in [1.165, 1.54) is 0 Å². The molecule has 33 heavy (non-hydrogen) atoms. The van der Waals surface area contributed by atoms with E-state index in [-0.39, 0.29) is 40.7 Å². The average molecular weight is 463 g/mol. The van der Waals surface area contributed by atoms with Crippen LogP contribution in [-0.4, -0.2) is 50.6 Å². The van der Waals surface area contributed by atoms with Gasteiger partial charge in [0.15, 0.2) is 5.79 Å². The lowest BCUT2D eigenvalue weighted by molar-refractivity contribution is -0.300. The van der Waals surface area contributed by atoms with Gasteiger partial charge in [0.1, 0.15) is 5.60 Å². The summed E-state index contributed by atoms with van der Waals surface area (Å²) >= 11 is 0. The minimum Gasteiger partial charge on any atom is -0.393 e. The predicted molar refractivity (Wildman–Crippen MR) is 125 cm³/mol. The second-order valence-corrected chi connectivity index (χ2v) is 14.4. The summed E-state index contributed by atoms with van der Waals surface area (Å²) in [4.78, 5) is 0. The van der Waals surface area contributed by atoms with Gasteiger partial charge in [0, 0.05) is 12.3 Å². The molecule has 5 nitrogen and oxygen atoms in total. The van der Waals surface area contributed by atoms with Gasteiger partial charge >= 0.3 is 0 Å².